The van der Waals surface area contributed by atoms with E-state index < -0.39 is 34.9 Å². The summed E-state index contributed by atoms with van der Waals surface area (Å²) in [4.78, 5) is 23.7. The Morgan fingerprint density at radius 1 is 1.04 bits per heavy atom. The van der Waals surface area contributed by atoms with Crippen molar-refractivity contribution in [3.8, 4) is 0 Å². The average molecular weight is 386 g/mol. The van der Waals surface area contributed by atoms with Gasteiger partial charge in [0.1, 0.15) is 5.60 Å². The fraction of sp³-hybridized carbons (Fsp3) is 0.474. The first-order valence-corrected chi connectivity index (χ1v) is 8.32. The summed E-state index contributed by atoms with van der Waals surface area (Å²) in [5.74, 6) is -0.439. The van der Waals surface area contributed by atoms with Gasteiger partial charge in [-0.15, -0.1) is 0 Å². The number of alkyl halides is 3. The molecule has 0 aliphatic heterocycles. The maximum Gasteiger partial charge on any atom is 0.416 e. The van der Waals surface area contributed by atoms with Gasteiger partial charge in [0.05, 0.1) is 11.1 Å². The molecule has 0 unspecified atom stereocenters. The number of rotatable bonds is 5. The third-order valence-electron chi connectivity index (χ3n) is 3.20. The van der Waals surface area contributed by atoms with Crippen LogP contribution in [0.1, 0.15) is 45.7 Å². The molecule has 0 aliphatic rings. The second-order valence-corrected chi connectivity index (χ2v) is 7.68. The van der Waals surface area contributed by atoms with Gasteiger partial charge in [0.2, 0.25) is 5.91 Å². The molecule has 0 bridgehead atoms. The molecule has 1 aromatic rings. The molecule has 27 heavy (non-hydrogen) atoms. The molecule has 0 fully saturated rings. The summed E-state index contributed by atoms with van der Waals surface area (Å²) in [6, 6.07) is 4.46. The molecule has 5 nitrogen and oxygen atoms in total. The minimum Gasteiger partial charge on any atom is -0.444 e. The number of hydrogen-bond acceptors (Lipinski definition) is 3. The Morgan fingerprint density at radius 2 is 1.59 bits per heavy atom. The smallest absolute Gasteiger partial charge is 0.416 e. The van der Waals surface area contributed by atoms with Gasteiger partial charge in [-0.1, -0.05) is 12.1 Å². The topological polar surface area (TPSA) is 67.4 Å². The molecule has 8 heteroatoms. The average Bonchev–Trinajstić information content (AvgIpc) is 2.49. The standard InChI is InChI=1S/C19H25F3N2O3/c1-17(2,3)27-16(26)23-12-18(4,5)24-15(25)11-8-13-6-9-14(10-7-13)19(20,21)22/h6-11H,12H2,1-5H3,(H,23,26)(H,24,25)/b11-8+. The van der Waals surface area contributed by atoms with Crippen molar-refractivity contribution in [2.45, 2.75) is 51.9 Å². The molecular formula is C19H25F3N2O3. The van der Waals surface area contributed by atoms with Crippen LogP contribution in [0.5, 0.6) is 0 Å². The van der Waals surface area contributed by atoms with E-state index in [-0.39, 0.29) is 6.54 Å². The predicted octanol–water partition coefficient (Wildman–Crippen LogP) is 4.14. The molecule has 0 heterocycles. The van der Waals surface area contributed by atoms with Crippen LogP contribution in [0, 0.1) is 0 Å². The lowest BCUT2D eigenvalue weighted by atomic mass is 10.1. The Kier molecular flexibility index (Phi) is 7.05. The van der Waals surface area contributed by atoms with Crippen molar-refractivity contribution in [3.05, 3.63) is 41.5 Å². The molecule has 2 N–H and O–H groups in total. The van der Waals surface area contributed by atoms with Crippen LogP contribution in [0.3, 0.4) is 0 Å². The van der Waals surface area contributed by atoms with E-state index in [2.05, 4.69) is 10.6 Å². The molecule has 0 atom stereocenters. The Hall–Kier alpha value is -2.51. The number of ether oxygens (including phenoxy) is 1. The van der Waals surface area contributed by atoms with Gasteiger partial charge in [-0.2, -0.15) is 13.2 Å². The highest BCUT2D eigenvalue weighted by Crippen LogP contribution is 2.29. The predicted molar refractivity (Wildman–Crippen MR) is 96.9 cm³/mol. The number of hydrogen-bond donors (Lipinski definition) is 2. The zero-order chi connectivity index (χ0) is 20.9. The molecule has 2 amide bonds. The first-order chi connectivity index (χ1) is 12.2. The second kappa shape index (κ2) is 8.45. The number of alkyl carbamates (subject to hydrolysis) is 1. The number of carbonyl (C=O) groups excluding carboxylic acids is 2. The normalized spacial score (nSPS) is 12.7. The molecule has 0 aliphatic carbocycles. The van der Waals surface area contributed by atoms with Gasteiger partial charge < -0.3 is 15.4 Å². The number of carbonyl (C=O) groups is 2. The summed E-state index contributed by atoms with van der Waals surface area (Å²) in [5, 5.41) is 5.28. The highest BCUT2D eigenvalue weighted by atomic mass is 19.4. The molecule has 0 radical (unpaired) electrons. The summed E-state index contributed by atoms with van der Waals surface area (Å²) in [7, 11) is 0. The van der Waals surface area contributed by atoms with Crippen molar-refractivity contribution in [3.63, 3.8) is 0 Å². The van der Waals surface area contributed by atoms with Crippen LogP contribution in [-0.4, -0.2) is 29.7 Å². The third kappa shape index (κ3) is 9.12. The minimum atomic E-state index is -4.40. The molecule has 150 valence electrons. The zero-order valence-corrected chi connectivity index (χ0v) is 16.0. The van der Waals surface area contributed by atoms with E-state index in [9.17, 15) is 22.8 Å². The SMILES string of the molecule is CC(C)(CNC(=O)OC(C)(C)C)NC(=O)/C=C/c1ccc(C(F)(F)F)cc1. The molecular weight excluding hydrogens is 361 g/mol. The van der Waals surface area contributed by atoms with E-state index in [1.165, 1.54) is 24.3 Å². The lowest BCUT2D eigenvalue weighted by Gasteiger charge is -2.27. The maximum absolute atomic E-state index is 12.5. The van der Waals surface area contributed by atoms with Crippen molar-refractivity contribution >= 4 is 18.1 Å². The zero-order valence-electron chi connectivity index (χ0n) is 16.0. The number of benzene rings is 1. The van der Waals surface area contributed by atoms with Gasteiger partial charge in [0.15, 0.2) is 0 Å². The third-order valence-corrected chi connectivity index (χ3v) is 3.20. The van der Waals surface area contributed by atoms with Crippen molar-refractivity contribution in [1.29, 1.82) is 0 Å². The monoisotopic (exact) mass is 386 g/mol. The fourth-order valence-corrected chi connectivity index (χ4v) is 1.98. The van der Waals surface area contributed by atoms with Crippen LogP contribution >= 0.6 is 0 Å². The van der Waals surface area contributed by atoms with Gasteiger partial charge in [0.25, 0.3) is 0 Å². The van der Waals surface area contributed by atoms with E-state index in [4.69, 9.17) is 4.74 Å². The Morgan fingerprint density at radius 3 is 2.07 bits per heavy atom. The Labute approximate surface area is 157 Å². The second-order valence-electron chi connectivity index (χ2n) is 7.68. The number of halogens is 3. The molecule has 1 rings (SSSR count). The van der Waals surface area contributed by atoms with Crippen LogP contribution in [-0.2, 0) is 15.7 Å². The maximum atomic E-state index is 12.5. The van der Waals surface area contributed by atoms with E-state index in [0.717, 1.165) is 12.1 Å². The highest BCUT2D eigenvalue weighted by molar-refractivity contribution is 5.92. The largest absolute Gasteiger partial charge is 0.444 e. The summed E-state index contributed by atoms with van der Waals surface area (Å²) >= 11 is 0. The first-order valence-electron chi connectivity index (χ1n) is 8.32. The quantitative estimate of drug-likeness (QED) is 0.748. The minimum absolute atomic E-state index is 0.141. The van der Waals surface area contributed by atoms with Gasteiger partial charge in [0, 0.05) is 12.6 Å². The molecule has 0 saturated heterocycles. The van der Waals surface area contributed by atoms with Crippen LogP contribution < -0.4 is 10.6 Å². The number of amides is 2. The first kappa shape index (κ1) is 22.5. The van der Waals surface area contributed by atoms with Gasteiger partial charge in [-0.25, -0.2) is 4.79 Å². The highest BCUT2D eigenvalue weighted by Gasteiger charge is 2.29. The Bertz CT molecular complexity index is 688. The lowest BCUT2D eigenvalue weighted by Crippen LogP contribution is -2.51. The van der Waals surface area contributed by atoms with Crippen LogP contribution in [0.15, 0.2) is 30.3 Å². The van der Waals surface area contributed by atoms with Crippen LogP contribution in [0.4, 0.5) is 18.0 Å². The molecule has 0 aromatic heterocycles. The van der Waals surface area contributed by atoms with E-state index in [1.807, 2.05) is 0 Å². The van der Waals surface area contributed by atoms with Crippen molar-refractivity contribution in [2.24, 2.45) is 0 Å². The van der Waals surface area contributed by atoms with Gasteiger partial charge in [-0.3, -0.25) is 4.79 Å². The van der Waals surface area contributed by atoms with Crippen molar-refractivity contribution < 1.29 is 27.5 Å². The van der Waals surface area contributed by atoms with E-state index in [1.54, 1.807) is 34.6 Å². The van der Waals surface area contributed by atoms with Gasteiger partial charge >= 0.3 is 12.3 Å². The molecule has 0 saturated carbocycles. The lowest BCUT2D eigenvalue weighted by molar-refractivity contribution is -0.137. The fourth-order valence-electron chi connectivity index (χ4n) is 1.98. The van der Waals surface area contributed by atoms with Crippen LogP contribution in [0.2, 0.25) is 0 Å². The summed E-state index contributed by atoms with van der Waals surface area (Å²) in [5.41, 5.74) is -1.67. The van der Waals surface area contributed by atoms with Crippen molar-refractivity contribution in [2.75, 3.05) is 6.54 Å². The van der Waals surface area contributed by atoms with E-state index in [0.29, 0.717) is 5.56 Å². The summed E-state index contributed by atoms with van der Waals surface area (Å²) in [6.07, 6.45) is -2.36. The number of nitrogens with one attached hydrogen (secondary N) is 2. The van der Waals surface area contributed by atoms with Gasteiger partial charge in [-0.05, 0) is 58.4 Å². The Balaban J connectivity index is 2.57. The molecule has 1 aromatic carbocycles. The summed E-state index contributed by atoms with van der Waals surface area (Å²) < 4.78 is 42.7. The summed E-state index contributed by atoms with van der Waals surface area (Å²) in [6.45, 7) is 8.80. The van der Waals surface area contributed by atoms with E-state index >= 15 is 0 Å². The van der Waals surface area contributed by atoms with Crippen molar-refractivity contribution in [1.82, 2.24) is 10.6 Å². The molecule has 0 spiro atoms. The van der Waals surface area contributed by atoms with Crippen LogP contribution in [0.25, 0.3) is 6.08 Å².